The average Bonchev–Trinajstić information content (AvgIpc) is 2.97. The highest BCUT2D eigenvalue weighted by molar-refractivity contribution is 7.47. The number of phosphoric ester groups is 1. The third kappa shape index (κ3) is 30.2. The van der Waals surface area contributed by atoms with Gasteiger partial charge in [0.1, 0.15) is 12.7 Å². The quantitative estimate of drug-likeness (QED) is 0.0309. The maximum atomic E-state index is 12.0. The fourth-order valence-electron chi connectivity index (χ4n) is 4.36. The molecule has 0 aliphatic rings. The van der Waals surface area contributed by atoms with E-state index in [9.17, 15) is 24.2 Å². The number of amides is 1. The van der Waals surface area contributed by atoms with Crippen molar-refractivity contribution in [1.29, 1.82) is 0 Å². The number of nitrogens with one attached hydrogen (secondary N) is 1. The van der Waals surface area contributed by atoms with E-state index in [2.05, 4.69) is 31.3 Å². The normalized spacial score (nSPS) is 13.7. The second-order valence-electron chi connectivity index (χ2n) is 11.1. The summed E-state index contributed by atoms with van der Waals surface area (Å²) in [7, 11) is -4.40. The van der Waals surface area contributed by atoms with Crippen LogP contribution in [-0.2, 0) is 27.9 Å². The molecule has 0 bridgehead atoms. The monoisotopic (exact) mass is 619 g/mol. The maximum absolute atomic E-state index is 12.0. The molecule has 3 N–H and O–H groups in total. The summed E-state index contributed by atoms with van der Waals surface area (Å²) >= 11 is 0. The van der Waals surface area contributed by atoms with Crippen molar-refractivity contribution in [3.63, 3.8) is 0 Å². The number of carbonyl (C=O) groups excluding carboxylic acids is 2. The molecule has 0 saturated heterocycles. The molecule has 0 saturated carbocycles. The van der Waals surface area contributed by atoms with Crippen LogP contribution in [0.4, 0.5) is 0 Å². The van der Waals surface area contributed by atoms with E-state index in [-0.39, 0.29) is 32.1 Å². The molecule has 248 valence electrons. The summed E-state index contributed by atoms with van der Waals surface area (Å²) in [6, 6.07) is 0. The van der Waals surface area contributed by atoms with Crippen molar-refractivity contribution in [3.05, 3.63) is 12.2 Å². The van der Waals surface area contributed by atoms with E-state index < -0.39 is 26.5 Å². The molecule has 0 aromatic heterocycles. The molecule has 1 amide bonds. The molecule has 0 aliphatic heterocycles. The number of ether oxygens (including phenoxy) is 1. The minimum Gasteiger partial charge on any atom is -0.463 e. The minimum atomic E-state index is -4.40. The summed E-state index contributed by atoms with van der Waals surface area (Å²) in [6.45, 7) is 3.46. The maximum Gasteiger partial charge on any atom is 0.472 e. The number of allylic oxidation sites excluding steroid dienone is 2. The first-order chi connectivity index (χ1) is 20.3. The zero-order valence-corrected chi connectivity index (χ0v) is 27.6. The number of phosphoric acid groups is 1. The standard InChI is InChI=1S/C32H62NO8P/c1-3-5-7-9-11-13-15-16-18-20-22-24-31(35)33-26-27-40-42(37,38)41-29-30(34)28-39-32(36)25-23-21-19-17-14-12-10-8-6-4-2/h9,11,30,34H,3-8,10,12-29H2,1-2H3,(H,33,35)(H,37,38)/b11-9-. The molecule has 0 radical (unpaired) electrons. The molecule has 0 aliphatic carbocycles. The largest absolute Gasteiger partial charge is 0.472 e. The van der Waals surface area contributed by atoms with Crippen molar-refractivity contribution in [2.24, 2.45) is 0 Å². The molecule has 0 aromatic carbocycles. The van der Waals surface area contributed by atoms with Crippen LogP contribution < -0.4 is 5.32 Å². The SMILES string of the molecule is CCCC/C=C\CCCCCCCC(=O)NCCOP(=O)(O)OCC(O)COC(=O)CCCCCCCCCCCC. The Bertz CT molecular complexity index is 719. The van der Waals surface area contributed by atoms with Gasteiger partial charge in [0.25, 0.3) is 0 Å². The predicted octanol–water partition coefficient (Wildman–Crippen LogP) is 7.93. The predicted molar refractivity (Wildman–Crippen MR) is 169 cm³/mol. The van der Waals surface area contributed by atoms with Crippen LogP contribution in [0.25, 0.3) is 0 Å². The zero-order chi connectivity index (χ0) is 31.2. The Hall–Kier alpha value is -1.25. The summed E-state index contributed by atoms with van der Waals surface area (Å²) in [5.41, 5.74) is 0. The molecule has 0 spiro atoms. The van der Waals surface area contributed by atoms with Gasteiger partial charge in [-0.1, -0.05) is 116 Å². The van der Waals surface area contributed by atoms with Crippen LogP contribution in [0.1, 0.15) is 149 Å². The Balaban J connectivity index is 3.66. The van der Waals surface area contributed by atoms with E-state index in [1.54, 1.807) is 0 Å². The van der Waals surface area contributed by atoms with Crippen LogP contribution in [0.2, 0.25) is 0 Å². The van der Waals surface area contributed by atoms with E-state index in [1.807, 2.05) is 0 Å². The molecule has 9 nitrogen and oxygen atoms in total. The van der Waals surface area contributed by atoms with Crippen LogP contribution >= 0.6 is 7.82 Å². The van der Waals surface area contributed by atoms with Crippen molar-refractivity contribution in [3.8, 4) is 0 Å². The lowest BCUT2D eigenvalue weighted by Gasteiger charge is -2.15. The molecule has 0 fully saturated rings. The van der Waals surface area contributed by atoms with Gasteiger partial charge in [-0.05, 0) is 32.1 Å². The summed E-state index contributed by atoms with van der Waals surface area (Å²) < 4.78 is 26.6. The number of hydrogen-bond donors (Lipinski definition) is 3. The summed E-state index contributed by atoms with van der Waals surface area (Å²) in [5, 5.41) is 12.6. The zero-order valence-electron chi connectivity index (χ0n) is 26.7. The first kappa shape index (κ1) is 40.8. The van der Waals surface area contributed by atoms with Gasteiger partial charge >= 0.3 is 13.8 Å². The van der Waals surface area contributed by atoms with Gasteiger partial charge in [-0.2, -0.15) is 0 Å². The summed E-state index contributed by atoms with van der Waals surface area (Å²) in [4.78, 5) is 33.5. The highest BCUT2D eigenvalue weighted by Gasteiger charge is 2.23. The Labute approximate surface area is 256 Å². The highest BCUT2D eigenvalue weighted by Crippen LogP contribution is 2.42. The van der Waals surface area contributed by atoms with Gasteiger partial charge in [0.2, 0.25) is 5.91 Å². The lowest BCUT2D eigenvalue weighted by molar-refractivity contribution is -0.147. The van der Waals surface area contributed by atoms with E-state index in [4.69, 9.17) is 13.8 Å². The third-order valence-electron chi connectivity index (χ3n) is 6.95. The molecule has 2 atom stereocenters. The van der Waals surface area contributed by atoms with E-state index in [0.717, 1.165) is 51.4 Å². The van der Waals surface area contributed by atoms with Crippen LogP contribution in [0, 0.1) is 0 Å². The lowest BCUT2D eigenvalue weighted by Crippen LogP contribution is -2.27. The number of aliphatic hydroxyl groups is 1. The highest BCUT2D eigenvalue weighted by atomic mass is 31.2. The van der Waals surface area contributed by atoms with Crippen LogP contribution in [0.3, 0.4) is 0 Å². The van der Waals surface area contributed by atoms with E-state index >= 15 is 0 Å². The fourth-order valence-corrected chi connectivity index (χ4v) is 5.12. The van der Waals surface area contributed by atoms with Crippen LogP contribution in [-0.4, -0.2) is 54.3 Å². The number of hydrogen-bond acceptors (Lipinski definition) is 7. The van der Waals surface area contributed by atoms with Crippen molar-refractivity contribution >= 4 is 19.7 Å². The molecular formula is C32H62NO8P. The topological polar surface area (TPSA) is 131 Å². The van der Waals surface area contributed by atoms with Crippen LogP contribution in [0.5, 0.6) is 0 Å². The molecule has 10 heteroatoms. The third-order valence-corrected chi connectivity index (χ3v) is 7.93. The Morgan fingerprint density at radius 1 is 0.714 bits per heavy atom. The van der Waals surface area contributed by atoms with Crippen molar-refractivity contribution in [1.82, 2.24) is 5.32 Å². The second-order valence-corrected chi connectivity index (χ2v) is 12.6. The van der Waals surface area contributed by atoms with Crippen LogP contribution in [0.15, 0.2) is 12.2 Å². The first-order valence-electron chi connectivity index (χ1n) is 16.7. The fraction of sp³-hybridized carbons (Fsp3) is 0.875. The Morgan fingerprint density at radius 3 is 1.86 bits per heavy atom. The van der Waals surface area contributed by atoms with Gasteiger partial charge in [-0.15, -0.1) is 0 Å². The number of rotatable bonds is 31. The molecular weight excluding hydrogens is 557 g/mol. The number of carbonyl (C=O) groups is 2. The summed E-state index contributed by atoms with van der Waals surface area (Å²) in [5.74, 6) is -0.528. The second kappa shape index (κ2) is 29.8. The van der Waals surface area contributed by atoms with Gasteiger partial charge in [0.15, 0.2) is 0 Å². The Kier molecular flexibility index (Phi) is 28.9. The van der Waals surface area contributed by atoms with Gasteiger partial charge in [-0.25, -0.2) is 4.57 Å². The van der Waals surface area contributed by atoms with E-state index in [0.29, 0.717) is 6.42 Å². The van der Waals surface area contributed by atoms with Crippen molar-refractivity contribution < 1.29 is 37.9 Å². The van der Waals surface area contributed by atoms with Gasteiger partial charge in [0, 0.05) is 19.4 Å². The van der Waals surface area contributed by atoms with Crippen molar-refractivity contribution in [2.75, 3.05) is 26.4 Å². The molecule has 0 heterocycles. The molecule has 42 heavy (non-hydrogen) atoms. The smallest absolute Gasteiger partial charge is 0.463 e. The van der Waals surface area contributed by atoms with Gasteiger partial charge < -0.3 is 20.1 Å². The first-order valence-corrected chi connectivity index (χ1v) is 18.2. The van der Waals surface area contributed by atoms with Crippen molar-refractivity contribution in [2.45, 2.75) is 155 Å². The summed E-state index contributed by atoms with van der Waals surface area (Å²) in [6.07, 6.45) is 25.7. The average molecular weight is 620 g/mol. The molecule has 0 rings (SSSR count). The molecule has 2 unspecified atom stereocenters. The minimum absolute atomic E-state index is 0.0796. The van der Waals surface area contributed by atoms with Gasteiger partial charge in [0.05, 0.1) is 13.2 Å². The van der Waals surface area contributed by atoms with E-state index in [1.165, 1.54) is 70.6 Å². The Morgan fingerprint density at radius 2 is 1.24 bits per heavy atom. The lowest BCUT2D eigenvalue weighted by atomic mass is 10.1. The number of aliphatic hydroxyl groups excluding tert-OH is 1. The molecule has 0 aromatic rings. The van der Waals surface area contributed by atoms with Gasteiger partial charge in [-0.3, -0.25) is 18.6 Å². The number of esters is 1. The number of unbranched alkanes of at least 4 members (excludes halogenated alkanes) is 16.